The van der Waals surface area contributed by atoms with E-state index < -0.39 is 10.0 Å². The molecule has 0 fully saturated rings. The predicted molar refractivity (Wildman–Crippen MR) is 89.6 cm³/mol. The van der Waals surface area contributed by atoms with E-state index in [4.69, 9.17) is 4.74 Å². The van der Waals surface area contributed by atoms with Crippen LogP contribution in [0.5, 0.6) is 5.75 Å². The zero-order valence-corrected chi connectivity index (χ0v) is 14.5. The SMILES string of the molecule is CCn1ncc(S(=O)(=O)Nc2nc3ccc(OC)cc3s2)c1C. The normalized spacial score (nSPS) is 11.8. The number of aryl methyl sites for hydroxylation is 1. The quantitative estimate of drug-likeness (QED) is 0.763. The van der Waals surface area contributed by atoms with Crippen molar-refractivity contribution in [3.8, 4) is 5.75 Å². The molecule has 0 spiro atoms. The molecule has 23 heavy (non-hydrogen) atoms. The van der Waals surface area contributed by atoms with Crippen molar-refractivity contribution in [1.82, 2.24) is 14.8 Å². The monoisotopic (exact) mass is 352 g/mol. The van der Waals surface area contributed by atoms with Gasteiger partial charge in [-0.05, 0) is 32.0 Å². The summed E-state index contributed by atoms with van der Waals surface area (Å²) in [6.07, 6.45) is 1.36. The van der Waals surface area contributed by atoms with Crippen LogP contribution in [-0.4, -0.2) is 30.3 Å². The molecule has 0 atom stereocenters. The lowest BCUT2D eigenvalue weighted by molar-refractivity contribution is 0.415. The van der Waals surface area contributed by atoms with Crippen LogP contribution >= 0.6 is 11.3 Å². The Morgan fingerprint density at radius 3 is 2.83 bits per heavy atom. The van der Waals surface area contributed by atoms with E-state index in [2.05, 4.69) is 14.8 Å². The van der Waals surface area contributed by atoms with Crippen molar-refractivity contribution >= 4 is 36.7 Å². The molecule has 0 aliphatic heterocycles. The molecule has 0 saturated heterocycles. The lowest BCUT2D eigenvalue weighted by Crippen LogP contribution is -2.13. The summed E-state index contributed by atoms with van der Waals surface area (Å²) >= 11 is 1.26. The van der Waals surface area contributed by atoms with E-state index >= 15 is 0 Å². The lowest BCUT2D eigenvalue weighted by atomic mass is 10.3. The minimum atomic E-state index is -3.71. The van der Waals surface area contributed by atoms with Crippen molar-refractivity contribution in [2.45, 2.75) is 25.3 Å². The lowest BCUT2D eigenvalue weighted by Gasteiger charge is -2.04. The summed E-state index contributed by atoms with van der Waals surface area (Å²) in [5.41, 5.74) is 1.32. The third-order valence-corrected chi connectivity index (χ3v) is 5.97. The second kappa shape index (κ2) is 5.82. The number of benzene rings is 1. The first-order valence-corrected chi connectivity index (χ1v) is 9.24. The molecule has 0 amide bonds. The smallest absolute Gasteiger partial charge is 0.267 e. The van der Waals surface area contributed by atoms with Crippen molar-refractivity contribution in [1.29, 1.82) is 0 Å². The van der Waals surface area contributed by atoms with E-state index in [0.29, 0.717) is 23.1 Å². The number of nitrogens with zero attached hydrogens (tertiary/aromatic N) is 3. The number of aromatic nitrogens is 3. The number of ether oxygens (including phenoxy) is 1. The molecule has 122 valence electrons. The highest BCUT2D eigenvalue weighted by molar-refractivity contribution is 7.93. The van der Waals surface area contributed by atoms with Gasteiger partial charge in [-0.25, -0.2) is 13.4 Å². The molecule has 1 N–H and O–H groups in total. The Kier molecular flexibility index (Phi) is 3.99. The maximum Gasteiger partial charge on any atom is 0.267 e. The molecule has 3 rings (SSSR count). The third kappa shape index (κ3) is 2.89. The minimum absolute atomic E-state index is 0.163. The van der Waals surface area contributed by atoms with Crippen molar-refractivity contribution in [2.75, 3.05) is 11.8 Å². The van der Waals surface area contributed by atoms with Gasteiger partial charge in [0, 0.05) is 6.54 Å². The molecule has 0 saturated carbocycles. The van der Waals surface area contributed by atoms with Crippen LogP contribution in [0.1, 0.15) is 12.6 Å². The summed E-state index contributed by atoms with van der Waals surface area (Å²) in [5, 5.41) is 4.39. The van der Waals surface area contributed by atoms with Crippen LogP contribution in [0.25, 0.3) is 10.2 Å². The molecule has 0 bridgehead atoms. The summed E-state index contributed by atoms with van der Waals surface area (Å²) in [7, 11) is -2.13. The van der Waals surface area contributed by atoms with Gasteiger partial charge in [-0.3, -0.25) is 9.40 Å². The average Bonchev–Trinajstić information content (AvgIpc) is 3.08. The van der Waals surface area contributed by atoms with E-state index in [0.717, 1.165) is 10.2 Å². The van der Waals surface area contributed by atoms with Gasteiger partial charge >= 0.3 is 0 Å². The molecule has 0 unspecified atom stereocenters. The number of hydrogen-bond donors (Lipinski definition) is 1. The Bertz CT molecular complexity index is 960. The van der Waals surface area contributed by atoms with E-state index in [1.54, 1.807) is 30.8 Å². The molecule has 3 aromatic rings. The van der Waals surface area contributed by atoms with Gasteiger partial charge in [0.25, 0.3) is 10.0 Å². The second-order valence-electron chi connectivity index (χ2n) is 4.87. The van der Waals surface area contributed by atoms with Crippen molar-refractivity contribution in [2.24, 2.45) is 0 Å². The Morgan fingerprint density at radius 2 is 2.17 bits per heavy atom. The van der Waals surface area contributed by atoms with Gasteiger partial charge in [0.1, 0.15) is 10.6 Å². The Hall–Kier alpha value is -2.13. The standard InChI is InChI=1S/C14H16N4O3S2/c1-4-18-9(2)13(8-15-18)23(19,20)17-14-16-11-6-5-10(21-3)7-12(11)22-14/h5-8H,4H2,1-3H3,(H,16,17). The number of anilines is 1. The first-order valence-electron chi connectivity index (χ1n) is 6.94. The number of sulfonamides is 1. The van der Waals surface area contributed by atoms with E-state index in [-0.39, 0.29) is 4.90 Å². The van der Waals surface area contributed by atoms with Gasteiger partial charge in [-0.1, -0.05) is 11.3 Å². The van der Waals surface area contributed by atoms with E-state index in [1.165, 1.54) is 17.5 Å². The van der Waals surface area contributed by atoms with Crippen LogP contribution in [0.4, 0.5) is 5.13 Å². The molecular formula is C14H16N4O3S2. The first-order chi connectivity index (χ1) is 10.9. The van der Waals surface area contributed by atoms with Crippen LogP contribution < -0.4 is 9.46 Å². The predicted octanol–water partition coefficient (Wildman–Crippen LogP) is 2.63. The van der Waals surface area contributed by atoms with Gasteiger partial charge in [0.05, 0.1) is 29.2 Å². The summed E-state index contributed by atoms with van der Waals surface area (Å²) < 4.78 is 35.2. The van der Waals surface area contributed by atoms with Crippen LogP contribution in [0.3, 0.4) is 0 Å². The number of hydrogen-bond acceptors (Lipinski definition) is 6. The Labute approximate surface area is 138 Å². The summed E-state index contributed by atoms with van der Waals surface area (Å²) in [5.74, 6) is 0.704. The average molecular weight is 352 g/mol. The first kappa shape index (κ1) is 15.8. The van der Waals surface area contributed by atoms with Crippen molar-refractivity contribution < 1.29 is 13.2 Å². The topological polar surface area (TPSA) is 86.1 Å². The number of fused-ring (bicyclic) bond motifs is 1. The van der Waals surface area contributed by atoms with E-state index in [9.17, 15) is 8.42 Å². The molecular weight excluding hydrogens is 336 g/mol. The molecule has 2 aromatic heterocycles. The number of methoxy groups -OCH3 is 1. The molecule has 9 heteroatoms. The van der Waals surface area contributed by atoms with Gasteiger partial charge in [-0.2, -0.15) is 5.10 Å². The molecule has 0 aliphatic rings. The van der Waals surface area contributed by atoms with Crippen LogP contribution in [0.15, 0.2) is 29.3 Å². The second-order valence-corrected chi connectivity index (χ2v) is 7.55. The molecule has 2 heterocycles. The number of thiazole rings is 1. The molecule has 7 nitrogen and oxygen atoms in total. The minimum Gasteiger partial charge on any atom is -0.497 e. The number of rotatable bonds is 5. The highest BCUT2D eigenvalue weighted by Gasteiger charge is 2.22. The highest BCUT2D eigenvalue weighted by atomic mass is 32.2. The van der Waals surface area contributed by atoms with Gasteiger partial charge in [-0.15, -0.1) is 0 Å². The van der Waals surface area contributed by atoms with Gasteiger partial charge < -0.3 is 4.74 Å². The largest absolute Gasteiger partial charge is 0.497 e. The Morgan fingerprint density at radius 1 is 1.39 bits per heavy atom. The summed E-state index contributed by atoms with van der Waals surface area (Å²) in [4.78, 5) is 4.46. The van der Waals surface area contributed by atoms with Crippen molar-refractivity contribution in [3.63, 3.8) is 0 Å². The van der Waals surface area contributed by atoms with Crippen LogP contribution in [-0.2, 0) is 16.6 Å². The van der Waals surface area contributed by atoms with Gasteiger partial charge in [0.15, 0.2) is 5.13 Å². The maximum atomic E-state index is 12.5. The summed E-state index contributed by atoms with van der Waals surface area (Å²) in [6, 6.07) is 5.41. The van der Waals surface area contributed by atoms with Crippen LogP contribution in [0, 0.1) is 6.92 Å². The van der Waals surface area contributed by atoms with Gasteiger partial charge in [0.2, 0.25) is 0 Å². The number of nitrogens with one attached hydrogen (secondary N) is 1. The molecule has 1 aromatic carbocycles. The van der Waals surface area contributed by atoms with E-state index in [1.807, 2.05) is 13.0 Å². The maximum absolute atomic E-state index is 12.5. The third-order valence-electron chi connectivity index (χ3n) is 3.46. The fourth-order valence-corrected chi connectivity index (χ4v) is 4.56. The highest BCUT2D eigenvalue weighted by Crippen LogP contribution is 2.30. The molecule has 0 radical (unpaired) electrons. The summed E-state index contributed by atoms with van der Waals surface area (Å²) in [6.45, 7) is 4.25. The van der Waals surface area contributed by atoms with Crippen LogP contribution in [0.2, 0.25) is 0 Å². The Balaban J connectivity index is 1.95. The zero-order chi connectivity index (χ0) is 16.6. The fraction of sp³-hybridized carbons (Fsp3) is 0.286. The fourth-order valence-electron chi connectivity index (χ4n) is 2.26. The molecule has 0 aliphatic carbocycles. The zero-order valence-electron chi connectivity index (χ0n) is 12.9. The van der Waals surface area contributed by atoms with Crippen molar-refractivity contribution in [3.05, 3.63) is 30.1 Å².